The van der Waals surface area contributed by atoms with Crippen LogP contribution >= 0.6 is 11.6 Å². The van der Waals surface area contributed by atoms with Crippen LogP contribution < -0.4 is 10.6 Å². The standard InChI is InChI=1S/C22H27ClN6O2/c23-20-10-19(21(24)26-25-20)29-12-17-16(18(17)13-29)11-27-6-8-28(9-7-27)22(30)31-14-15-4-2-1-3-5-15/h1-5,10,16-18H,6-9,11-14H2,(H2,24,26)/t16?,17-,18+. The zero-order valence-electron chi connectivity index (χ0n) is 17.4. The van der Waals surface area contributed by atoms with Crippen LogP contribution in [-0.2, 0) is 11.3 Å². The molecule has 8 nitrogen and oxygen atoms in total. The van der Waals surface area contributed by atoms with E-state index in [9.17, 15) is 4.79 Å². The Bertz CT molecular complexity index is 925. The first-order valence-corrected chi connectivity index (χ1v) is 11.2. The highest BCUT2D eigenvalue weighted by Gasteiger charge is 2.56. The Morgan fingerprint density at radius 1 is 1.10 bits per heavy atom. The van der Waals surface area contributed by atoms with Gasteiger partial charge in [0, 0.05) is 51.9 Å². The van der Waals surface area contributed by atoms with Gasteiger partial charge >= 0.3 is 6.09 Å². The highest BCUT2D eigenvalue weighted by atomic mass is 35.5. The number of amides is 1. The lowest BCUT2D eigenvalue weighted by molar-refractivity contribution is 0.0699. The minimum Gasteiger partial charge on any atom is -0.445 e. The molecule has 1 saturated carbocycles. The fourth-order valence-electron chi connectivity index (χ4n) is 4.96. The number of nitrogens with two attached hydrogens (primary N) is 1. The summed E-state index contributed by atoms with van der Waals surface area (Å²) in [7, 11) is 0. The fourth-order valence-corrected chi connectivity index (χ4v) is 5.10. The molecule has 0 bridgehead atoms. The Morgan fingerprint density at radius 2 is 1.81 bits per heavy atom. The van der Waals surface area contributed by atoms with Crippen molar-refractivity contribution >= 4 is 29.2 Å². The summed E-state index contributed by atoms with van der Waals surface area (Å²) in [5, 5.41) is 8.11. The van der Waals surface area contributed by atoms with Crippen molar-refractivity contribution < 1.29 is 9.53 Å². The van der Waals surface area contributed by atoms with E-state index in [1.165, 1.54) is 0 Å². The number of nitrogens with zero attached hydrogens (tertiary/aromatic N) is 5. The molecular weight excluding hydrogens is 416 g/mol. The Kier molecular flexibility index (Phi) is 5.58. The normalized spacial score (nSPS) is 25.4. The van der Waals surface area contributed by atoms with E-state index in [0.29, 0.717) is 29.4 Å². The number of fused-ring (bicyclic) bond motifs is 1. The molecular formula is C22H27ClN6O2. The number of piperazine rings is 1. The fraction of sp³-hybridized carbons (Fsp3) is 0.500. The number of halogens is 1. The summed E-state index contributed by atoms with van der Waals surface area (Å²) in [6, 6.07) is 11.6. The largest absolute Gasteiger partial charge is 0.445 e. The second kappa shape index (κ2) is 8.51. The molecule has 2 saturated heterocycles. The number of anilines is 2. The van der Waals surface area contributed by atoms with Crippen LogP contribution in [0.15, 0.2) is 36.4 Å². The number of aromatic nitrogens is 2. The van der Waals surface area contributed by atoms with E-state index in [0.717, 1.165) is 63.0 Å². The van der Waals surface area contributed by atoms with Gasteiger partial charge in [-0.25, -0.2) is 4.79 Å². The maximum absolute atomic E-state index is 12.3. The second-order valence-corrected chi connectivity index (χ2v) is 9.05. The second-order valence-electron chi connectivity index (χ2n) is 8.66. The maximum atomic E-state index is 12.3. The lowest BCUT2D eigenvalue weighted by atomic mass is 10.2. The van der Waals surface area contributed by atoms with E-state index < -0.39 is 0 Å². The molecule has 164 valence electrons. The summed E-state index contributed by atoms with van der Waals surface area (Å²) >= 11 is 5.99. The van der Waals surface area contributed by atoms with Crippen molar-refractivity contribution in [3.8, 4) is 0 Å². The Morgan fingerprint density at radius 3 is 2.52 bits per heavy atom. The van der Waals surface area contributed by atoms with E-state index in [1.807, 2.05) is 35.2 Å². The molecule has 5 rings (SSSR count). The summed E-state index contributed by atoms with van der Waals surface area (Å²) in [4.78, 5) is 18.9. The number of nitrogen functional groups attached to an aromatic ring is 1. The molecule has 1 amide bonds. The number of piperidine rings is 1. The lowest BCUT2D eigenvalue weighted by Gasteiger charge is -2.34. The SMILES string of the molecule is Nc1nnc(Cl)cc1N1C[C@@H]2C(CN3CCN(C(=O)OCc4ccccc4)CC3)[C@@H]2C1. The molecule has 1 aromatic heterocycles. The maximum Gasteiger partial charge on any atom is 0.410 e. The van der Waals surface area contributed by atoms with Gasteiger partial charge < -0.3 is 20.3 Å². The number of hydrogen-bond acceptors (Lipinski definition) is 7. The van der Waals surface area contributed by atoms with Crippen molar-refractivity contribution in [3.05, 3.63) is 47.1 Å². The number of carbonyl (C=O) groups excluding carboxylic acids is 1. The van der Waals surface area contributed by atoms with Gasteiger partial charge in [0.2, 0.25) is 0 Å². The molecule has 3 fully saturated rings. The molecule has 9 heteroatoms. The van der Waals surface area contributed by atoms with Gasteiger partial charge in [-0.3, -0.25) is 4.90 Å². The quantitative estimate of drug-likeness (QED) is 0.760. The predicted molar refractivity (Wildman–Crippen MR) is 119 cm³/mol. The van der Waals surface area contributed by atoms with Gasteiger partial charge in [-0.1, -0.05) is 41.9 Å². The lowest BCUT2D eigenvalue weighted by Crippen LogP contribution is -2.49. The van der Waals surface area contributed by atoms with Crippen molar-refractivity contribution in [1.82, 2.24) is 20.0 Å². The molecule has 2 aliphatic heterocycles. The van der Waals surface area contributed by atoms with Crippen LogP contribution in [0.2, 0.25) is 5.15 Å². The molecule has 3 aliphatic rings. The van der Waals surface area contributed by atoms with Gasteiger partial charge in [-0.2, -0.15) is 0 Å². The molecule has 2 aromatic rings. The number of hydrogen-bond donors (Lipinski definition) is 1. The molecule has 2 N–H and O–H groups in total. The third-order valence-corrected chi connectivity index (χ3v) is 6.97. The van der Waals surface area contributed by atoms with Gasteiger partial charge in [0.15, 0.2) is 11.0 Å². The number of rotatable bonds is 5. The van der Waals surface area contributed by atoms with Crippen LogP contribution in [0.1, 0.15) is 5.56 Å². The third kappa shape index (κ3) is 4.41. The van der Waals surface area contributed by atoms with Crippen molar-refractivity contribution in [2.75, 3.05) is 56.4 Å². The summed E-state index contributed by atoms with van der Waals surface area (Å²) in [5.74, 6) is 2.55. The van der Waals surface area contributed by atoms with Crippen LogP contribution in [0.25, 0.3) is 0 Å². The van der Waals surface area contributed by atoms with Crippen LogP contribution in [0, 0.1) is 17.8 Å². The van der Waals surface area contributed by atoms with E-state index in [-0.39, 0.29) is 6.09 Å². The summed E-state index contributed by atoms with van der Waals surface area (Å²) in [6.07, 6.45) is -0.218. The van der Waals surface area contributed by atoms with Gasteiger partial charge in [0.1, 0.15) is 6.61 Å². The van der Waals surface area contributed by atoms with Gasteiger partial charge in [-0.15, -0.1) is 10.2 Å². The minimum absolute atomic E-state index is 0.218. The average molecular weight is 443 g/mol. The van der Waals surface area contributed by atoms with Crippen molar-refractivity contribution in [1.29, 1.82) is 0 Å². The molecule has 0 radical (unpaired) electrons. The Hall–Kier alpha value is -2.58. The summed E-state index contributed by atoms with van der Waals surface area (Å²) in [5.41, 5.74) is 7.89. The van der Waals surface area contributed by atoms with Crippen LogP contribution in [-0.4, -0.2) is 71.9 Å². The smallest absolute Gasteiger partial charge is 0.410 e. The van der Waals surface area contributed by atoms with E-state index >= 15 is 0 Å². The van der Waals surface area contributed by atoms with Gasteiger partial charge in [-0.05, 0) is 23.3 Å². The van der Waals surface area contributed by atoms with Gasteiger partial charge in [0.05, 0.1) is 5.69 Å². The topological polar surface area (TPSA) is 87.8 Å². The van der Waals surface area contributed by atoms with Crippen molar-refractivity contribution in [2.45, 2.75) is 6.61 Å². The zero-order valence-corrected chi connectivity index (χ0v) is 18.1. The number of carbonyl (C=O) groups is 1. The number of benzene rings is 1. The first kappa shape index (κ1) is 20.3. The Labute approximate surface area is 186 Å². The van der Waals surface area contributed by atoms with Crippen LogP contribution in [0.3, 0.4) is 0 Å². The Balaban J connectivity index is 1.04. The summed E-state index contributed by atoms with van der Waals surface area (Å²) in [6.45, 7) is 6.65. The van der Waals surface area contributed by atoms with Crippen molar-refractivity contribution in [3.63, 3.8) is 0 Å². The minimum atomic E-state index is -0.218. The van der Waals surface area contributed by atoms with E-state index in [2.05, 4.69) is 20.0 Å². The zero-order chi connectivity index (χ0) is 21.4. The highest BCUT2D eigenvalue weighted by Crippen LogP contribution is 2.53. The third-order valence-electron chi connectivity index (χ3n) is 6.79. The highest BCUT2D eigenvalue weighted by molar-refractivity contribution is 6.29. The first-order valence-electron chi connectivity index (χ1n) is 10.8. The monoisotopic (exact) mass is 442 g/mol. The molecule has 1 aromatic carbocycles. The molecule has 31 heavy (non-hydrogen) atoms. The van der Waals surface area contributed by atoms with Crippen LogP contribution in [0.5, 0.6) is 0 Å². The molecule has 1 unspecified atom stereocenters. The predicted octanol–water partition coefficient (Wildman–Crippen LogP) is 2.35. The summed E-state index contributed by atoms with van der Waals surface area (Å²) < 4.78 is 5.46. The first-order chi connectivity index (χ1) is 15.1. The number of ether oxygens (including phenoxy) is 1. The van der Waals surface area contributed by atoms with E-state index in [4.69, 9.17) is 22.1 Å². The molecule has 3 heterocycles. The molecule has 0 spiro atoms. The van der Waals surface area contributed by atoms with Crippen molar-refractivity contribution in [2.24, 2.45) is 17.8 Å². The molecule has 3 atom stereocenters. The van der Waals surface area contributed by atoms with Crippen LogP contribution in [0.4, 0.5) is 16.3 Å². The molecule has 1 aliphatic carbocycles. The average Bonchev–Trinajstić information content (AvgIpc) is 3.22. The van der Waals surface area contributed by atoms with E-state index in [1.54, 1.807) is 6.07 Å². The van der Waals surface area contributed by atoms with Gasteiger partial charge in [0.25, 0.3) is 0 Å².